The predicted molar refractivity (Wildman–Crippen MR) is 231 cm³/mol. The molecule has 23 nitrogen and oxygen atoms in total. The highest BCUT2D eigenvalue weighted by Crippen LogP contribution is 2.23. The summed E-state index contributed by atoms with van der Waals surface area (Å²) in [4.78, 5) is 108. The van der Waals surface area contributed by atoms with Gasteiger partial charge in [-0.3, -0.25) is 38.6 Å². The number of carboxylic acids is 6. The molecule has 2 aromatic carbocycles. The smallest absolute Gasteiger partial charge is 0.326 e. The number of urea groups is 1. The van der Waals surface area contributed by atoms with Crippen LogP contribution in [0.5, 0.6) is 11.5 Å². The second kappa shape index (κ2) is 29.4. The summed E-state index contributed by atoms with van der Waals surface area (Å²) in [6.07, 6.45) is 1.52. The van der Waals surface area contributed by atoms with Crippen LogP contribution in [0.4, 0.5) is 4.79 Å². The van der Waals surface area contributed by atoms with Crippen molar-refractivity contribution in [2.24, 2.45) is 0 Å². The number of carbonyl (C=O) groups excluding carboxylic acids is 3. The molecule has 4 amide bonds. The van der Waals surface area contributed by atoms with Crippen LogP contribution in [-0.2, 0) is 64.3 Å². The van der Waals surface area contributed by atoms with Gasteiger partial charge in [0.05, 0.1) is 13.1 Å². The maximum Gasteiger partial charge on any atom is 0.326 e. The molecule has 0 aromatic heterocycles. The van der Waals surface area contributed by atoms with Crippen LogP contribution < -0.4 is 21.3 Å². The van der Waals surface area contributed by atoms with Gasteiger partial charge in [-0.05, 0) is 68.2 Å². The molecule has 66 heavy (non-hydrogen) atoms. The summed E-state index contributed by atoms with van der Waals surface area (Å²) in [5, 5.41) is 86.2. The molecule has 0 aliphatic heterocycles. The second-order valence-electron chi connectivity index (χ2n) is 15.5. The first kappa shape index (κ1) is 55.1. The lowest BCUT2D eigenvalue weighted by Gasteiger charge is -2.26. The number of benzene rings is 2. The molecule has 0 radical (unpaired) electrons. The number of hydrogen-bond donors (Lipinski definition) is 12. The van der Waals surface area contributed by atoms with E-state index in [-0.39, 0.29) is 94.6 Å². The van der Waals surface area contributed by atoms with Gasteiger partial charge in [-0.15, -0.1) is 0 Å². The SMILES string of the molecule is O=C(O)CCc1ccc(O)c(CN(CCN(CC(=O)O)Cc2cc(CCC(=O)NCCCCCC(=O)NCCCC(NC(=O)NC(CCC(=O)O)C(=O)O)C(=O)O)ccc2O)CC(=O)O)c1. The van der Waals surface area contributed by atoms with Crippen molar-refractivity contribution >= 4 is 53.7 Å². The molecular weight excluding hydrogens is 872 g/mol. The van der Waals surface area contributed by atoms with E-state index in [2.05, 4.69) is 16.0 Å². The van der Waals surface area contributed by atoms with Gasteiger partial charge in [0.1, 0.15) is 23.6 Å². The quantitative estimate of drug-likeness (QED) is 0.0438. The van der Waals surface area contributed by atoms with Gasteiger partial charge in [-0.1, -0.05) is 30.7 Å². The Hall–Kier alpha value is -7.01. The molecule has 23 heteroatoms. The van der Waals surface area contributed by atoms with Gasteiger partial charge in [-0.2, -0.15) is 0 Å². The van der Waals surface area contributed by atoms with Crippen LogP contribution in [0.3, 0.4) is 0 Å². The van der Waals surface area contributed by atoms with Crippen molar-refractivity contribution in [1.82, 2.24) is 31.1 Å². The number of nitrogens with zero attached hydrogens (tertiary/aromatic N) is 2. The van der Waals surface area contributed by atoms with Crippen LogP contribution >= 0.6 is 0 Å². The second-order valence-corrected chi connectivity index (χ2v) is 15.5. The van der Waals surface area contributed by atoms with Crippen molar-refractivity contribution in [1.29, 1.82) is 0 Å². The van der Waals surface area contributed by atoms with E-state index >= 15 is 0 Å². The first-order valence-electron chi connectivity index (χ1n) is 21.2. The highest BCUT2D eigenvalue weighted by molar-refractivity contribution is 5.86. The summed E-state index contributed by atoms with van der Waals surface area (Å²) in [6, 6.07) is 5.29. The number of phenolic OH excluding ortho intramolecular Hbond substituents is 2. The molecule has 0 bridgehead atoms. The van der Waals surface area contributed by atoms with Crippen molar-refractivity contribution in [2.75, 3.05) is 39.3 Å². The zero-order valence-electron chi connectivity index (χ0n) is 36.4. The number of aryl methyl sites for hydroxylation is 2. The minimum atomic E-state index is -1.53. The Morgan fingerprint density at radius 3 is 1.42 bits per heavy atom. The van der Waals surface area contributed by atoms with Gasteiger partial charge in [-0.25, -0.2) is 14.4 Å². The highest BCUT2D eigenvalue weighted by atomic mass is 16.4. The fraction of sp³-hybridized carbons (Fsp3) is 0.512. The first-order chi connectivity index (χ1) is 31.2. The van der Waals surface area contributed by atoms with Crippen molar-refractivity contribution in [2.45, 2.75) is 102 Å². The lowest BCUT2D eigenvalue weighted by atomic mass is 10.0. The fourth-order valence-electron chi connectivity index (χ4n) is 6.59. The fourth-order valence-corrected chi connectivity index (χ4v) is 6.59. The Morgan fingerprint density at radius 1 is 0.500 bits per heavy atom. The number of nitrogens with one attached hydrogen (secondary N) is 4. The van der Waals surface area contributed by atoms with E-state index in [4.69, 9.17) is 15.3 Å². The van der Waals surface area contributed by atoms with Crippen molar-refractivity contribution in [3.05, 3.63) is 58.7 Å². The lowest BCUT2D eigenvalue weighted by Crippen LogP contribution is -2.51. The van der Waals surface area contributed by atoms with Crippen molar-refractivity contribution < 1.29 is 84.0 Å². The van der Waals surface area contributed by atoms with Crippen molar-refractivity contribution in [3.8, 4) is 11.5 Å². The van der Waals surface area contributed by atoms with E-state index in [0.717, 1.165) is 0 Å². The molecule has 12 N–H and O–H groups in total. The summed E-state index contributed by atoms with van der Waals surface area (Å²) in [5.41, 5.74) is 2.10. The Morgan fingerprint density at radius 2 is 0.955 bits per heavy atom. The number of carbonyl (C=O) groups is 9. The Bertz CT molecular complexity index is 2000. The largest absolute Gasteiger partial charge is 0.508 e. The number of amides is 4. The molecule has 2 aromatic rings. The van der Waals surface area contributed by atoms with Gasteiger partial charge in [0.15, 0.2) is 0 Å². The third-order valence-corrected chi connectivity index (χ3v) is 10.0. The third-order valence-electron chi connectivity index (χ3n) is 10.0. The molecule has 364 valence electrons. The van der Waals surface area contributed by atoms with Crippen molar-refractivity contribution in [3.63, 3.8) is 0 Å². The maximum absolute atomic E-state index is 12.6. The highest BCUT2D eigenvalue weighted by Gasteiger charge is 2.25. The van der Waals surface area contributed by atoms with Crippen LogP contribution in [0.15, 0.2) is 36.4 Å². The summed E-state index contributed by atoms with van der Waals surface area (Å²) in [7, 11) is 0. The topological polar surface area (TPSA) is 370 Å². The van der Waals surface area contributed by atoms with Gasteiger partial charge in [0.2, 0.25) is 11.8 Å². The standard InChI is InChI=1S/C43H60N6O17/c50-33-12-7-27(21-29(33)23-48(25-39(58)59)19-20-49(26-40(60)61)24-30-22-28(8-13-34(30)51)10-15-37(54)55)9-14-36(53)44-17-3-1-2-6-35(52)45-18-4-5-31(41(62)63)46-43(66)47-32(42(64)65)11-16-38(56)57/h7-8,12-13,21-22,31-32,50-51H,1-6,9-11,14-20,23-26H2,(H,44,53)(H,45,52)(H,54,55)(H,56,57)(H,58,59)(H,60,61)(H,62,63)(H,64,65)(H2,46,47,66). The molecule has 0 spiro atoms. The number of phenols is 2. The van der Waals surface area contributed by atoms with E-state index in [1.807, 2.05) is 5.32 Å². The van der Waals surface area contributed by atoms with Gasteiger partial charge in [0, 0.05) is 76.1 Å². The number of aliphatic carboxylic acids is 6. The first-order valence-corrected chi connectivity index (χ1v) is 21.2. The Kier molecular flexibility index (Phi) is 24.6. The molecular formula is C43H60N6O17. The molecule has 0 aliphatic rings. The zero-order valence-corrected chi connectivity index (χ0v) is 36.4. The van der Waals surface area contributed by atoms with Gasteiger partial charge >= 0.3 is 41.8 Å². The molecule has 0 heterocycles. The number of unbranched alkanes of at least 4 members (excludes halogenated alkanes) is 2. The number of hydrogen-bond acceptors (Lipinski definition) is 13. The summed E-state index contributed by atoms with van der Waals surface area (Å²) in [5.74, 6) is -8.18. The Labute approximate surface area is 379 Å². The summed E-state index contributed by atoms with van der Waals surface area (Å²) < 4.78 is 0. The Balaban J connectivity index is 1.77. The van der Waals surface area contributed by atoms with E-state index in [9.17, 15) is 68.7 Å². The predicted octanol–water partition coefficient (Wildman–Crippen LogP) is 1.16. The maximum atomic E-state index is 12.6. The summed E-state index contributed by atoms with van der Waals surface area (Å²) in [6.45, 7) is -0.328. The van der Waals surface area contributed by atoms with E-state index in [0.29, 0.717) is 54.5 Å². The van der Waals surface area contributed by atoms with Gasteiger partial charge in [0.25, 0.3) is 0 Å². The van der Waals surface area contributed by atoms with Crippen LogP contribution in [0.2, 0.25) is 0 Å². The molecule has 2 rings (SSSR count). The molecule has 2 unspecified atom stereocenters. The van der Waals surface area contributed by atoms with E-state index in [1.165, 1.54) is 21.9 Å². The van der Waals surface area contributed by atoms with Crippen LogP contribution in [0.1, 0.15) is 86.5 Å². The average Bonchev–Trinajstić information content (AvgIpc) is 3.23. The van der Waals surface area contributed by atoms with Gasteiger partial charge < -0.3 is 62.1 Å². The number of rotatable bonds is 34. The lowest BCUT2D eigenvalue weighted by molar-refractivity contribution is -0.141. The number of carboxylic acid groups (broad SMARTS) is 6. The monoisotopic (exact) mass is 932 g/mol. The van der Waals surface area contributed by atoms with Crippen LogP contribution in [0.25, 0.3) is 0 Å². The van der Waals surface area contributed by atoms with E-state index in [1.54, 1.807) is 24.3 Å². The minimum Gasteiger partial charge on any atom is -0.508 e. The molecule has 0 saturated carbocycles. The normalized spacial score (nSPS) is 11.9. The van der Waals surface area contributed by atoms with Crippen LogP contribution in [0, 0.1) is 0 Å². The average molecular weight is 933 g/mol. The molecule has 0 fully saturated rings. The molecule has 0 aliphatic carbocycles. The zero-order chi connectivity index (χ0) is 49.2. The minimum absolute atomic E-state index is 0.0189. The molecule has 2 atom stereocenters. The molecule has 0 saturated heterocycles. The van der Waals surface area contributed by atoms with Crippen LogP contribution in [-0.4, -0.2) is 156 Å². The third kappa shape index (κ3) is 23.6. The number of aromatic hydroxyl groups is 2. The van der Waals surface area contributed by atoms with E-state index < -0.39 is 79.9 Å². The summed E-state index contributed by atoms with van der Waals surface area (Å²) >= 11 is 0.